The van der Waals surface area contributed by atoms with Crippen LogP contribution in [0.2, 0.25) is 0 Å². The molecule has 0 aromatic heterocycles. The fraction of sp³-hybridized carbons (Fsp3) is 0.333. The summed E-state index contributed by atoms with van der Waals surface area (Å²) in [7, 11) is 2.72. The average Bonchev–Trinajstić information content (AvgIpc) is 2.74. The van der Waals surface area contributed by atoms with Crippen LogP contribution in [0.4, 0.5) is 18.9 Å². The van der Waals surface area contributed by atoms with Crippen molar-refractivity contribution in [2.75, 3.05) is 32.3 Å². The molecule has 1 aliphatic heterocycles. The van der Waals surface area contributed by atoms with Gasteiger partial charge in [0.25, 0.3) is 11.8 Å². The van der Waals surface area contributed by atoms with E-state index < -0.39 is 24.8 Å². The topological polar surface area (TPSA) is 100 Å². The normalized spacial score (nSPS) is 13.2. The highest BCUT2D eigenvalue weighted by molar-refractivity contribution is 6.07. The predicted octanol–water partition coefficient (Wildman–Crippen LogP) is 3.06. The highest BCUT2D eigenvalue weighted by atomic mass is 19.4. The highest BCUT2D eigenvalue weighted by Crippen LogP contribution is 2.40. The number of carbonyl (C=O) groups is 2. The Balaban J connectivity index is 1.93. The molecule has 0 fully saturated rings. The summed E-state index contributed by atoms with van der Waals surface area (Å²) in [6.45, 7) is -0.0439. The van der Waals surface area contributed by atoms with Crippen molar-refractivity contribution in [3.05, 3.63) is 41.5 Å². The second kappa shape index (κ2) is 9.25. The third-order valence-corrected chi connectivity index (χ3v) is 4.71. The van der Waals surface area contributed by atoms with Crippen molar-refractivity contribution in [1.82, 2.24) is 0 Å². The van der Waals surface area contributed by atoms with Crippen LogP contribution in [0.1, 0.15) is 22.3 Å². The van der Waals surface area contributed by atoms with Crippen LogP contribution in [0, 0.1) is 0 Å². The van der Waals surface area contributed by atoms with E-state index in [1.807, 2.05) is 0 Å². The summed E-state index contributed by atoms with van der Waals surface area (Å²) in [5.41, 5.74) is 6.36. The molecule has 2 aromatic carbocycles. The second-order valence-electron chi connectivity index (χ2n) is 6.86. The van der Waals surface area contributed by atoms with E-state index in [0.717, 1.165) is 0 Å². The number of nitrogens with zero attached hydrogens (tertiary/aromatic N) is 1. The molecule has 2 N–H and O–H groups in total. The zero-order valence-electron chi connectivity index (χ0n) is 17.3. The van der Waals surface area contributed by atoms with Crippen LogP contribution < -0.4 is 29.6 Å². The van der Waals surface area contributed by atoms with Gasteiger partial charge in [0.15, 0.2) is 18.1 Å². The Labute approximate surface area is 181 Å². The molecule has 0 saturated carbocycles. The van der Waals surface area contributed by atoms with E-state index in [0.29, 0.717) is 30.6 Å². The maximum Gasteiger partial charge on any atom is 0.573 e. The van der Waals surface area contributed by atoms with Crippen molar-refractivity contribution in [2.24, 2.45) is 5.73 Å². The number of amides is 2. The first kappa shape index (κ1) is 23.0. The Kier molecular flexibility index (Phi) is 6.66. The van der Waals surface area contributed by atoms with E-state index in [1.165, 1.54) is 49.5 Å². The number of benzene rings is 2. The first-order valence-electron chi connectivity index (χ1n) is 9.50. The molecule has 0 radical (unpaired) electrons. The molecule has 1 aliphatic rings. The van der Waals surface area contributed by atoms with Crippen molar-refractivity contribution < 1.29 is 41.7 Å². The summed E-state index contributed by atoms with van der Waals surface area (Å²) in [6.07, 6.45) is -3.74. The number of halogens is 3. The van der Waals surface area contributed by atoms with Gasteiger partial charge in [-0.3, -0.25) is 9.59 Å². The standard InChI is InChI=1S/C21H21F3N2O6/c1-29-16-9-13(10-17(30-2)19(16)31-11-18(25)27)20(28)26-7-3-4-12-8-14(5-6-15(12)26)32-21(22,23)24/h5-6,8-10H,3-4,7,11H2,1-2H3,(H2,25,27). The molecule has 0 aliphatic carbocycles. The molecule has 0 unspecified atom stereocenters. The molecule has 0 saturated heterocycles. The molecule has 8 nitrogen and oxygen atoms in total. The third-order valence-electron chi connectivity index (χ3n) is 4.71. The van der Waals surface area contributed by atoms with Crippen molar-refractivity contribution in [3.63, 3.8) is 0 Å². The van der Waals surface area contributed by atoms with Crippen molar-refractivity contribution >= 4 is 17.5 Å². The third kappa shape index (κ3) is 5.16. The fourth-order valence-corrected chi connectivity index (χ4v) is 3.43. The van der Waals surface area contributed by atoms with Gasteiger partial charge in [0.2, 0.25) is 5.75 Å². The maximum absolute atomic E-state index is 13.3. The first-order valence-corrected chi connectivity index (χ1v) is 9.50. The number of alkyl halides is 3. The van der Waals surface area contributed by atoms with Gasteiger partial charge >= 0.3 is 6.36 Å². The van der Waals surface area contributed by atoms with Crippen LogP contribution >= 0.6 is 0 Å². The van der Waals surface area contributed by atoms with Gasteiger partial charge in [0.05, 0.1) is 14.2 Å². The van der Waals surface area contributed by atoms with Crippen LogP contribution in [-0.2, 0) is 11.2 Å². The smallest absolute Gasteiger partial charge is 0.493 e. The Morgan fingerprint density at radius 1 is 1.09 bits per heavy atom. The Bertz CT molecular complexity index is 1000. The lowest BCUT2D eigenvalue weighted by Gasteiger charge is -2.30. The number of rotatable bonds is 7. The molecule has 32 heavy (non-hydrogen) atoms. The Morgan fingerprint density at radius 3 is 2.31 bits per heavy atom. The van der Waals surface area contributed by atoms with E-state index in [4.69, 9.17) is 19.9 Å². The summed E-state index contributed by atoms with van der Waals surface area (Å²) >= 11 is 0. The quantitative estimate of drug-likeness (QED) is 0.690. The number of carbonyl (C=O) groups excluding carboxylic acids is 2. The maximum atomic E-state index is 13.3. The first-order chi connectivity index (χ1) is 15.1. The summed E-state index contributed by atoms with van der Waals surface area (Å²) in [6, 6.07) is 6.73. The van der Waals surface area contributed by atoms with Gasteiger partial charge in [-0.15, -0.1) is 13.2 Å². The van der Waals surface area contributed by atoms with Gasteiger partial charge in [0.1, 0.15) is 5.75 Å². The molecule has 172 valence electrons. The van der Waals surface area contributed by atoms with Crippen molar-refractivity contribution in [1.29, 1.82) is 0 Å². The van der Waals surface area contributed by atoms with Crippen LogP contribution in [0.5, 0.6) is 23.0 Å². The largest absolute Gasteiger partial charge is 0.573 e. The fourth-order valence-electron chi connectivity index (χ4n) is 3.43. The minimum Gasteiger partial charge on any atom is -0.493 e. The molecule has 0 bridgehead atoms. The van der Waals surface area contributed by atoms with Gasteiger partial charge < -0.3 is 29.6 Å². The van der Waals surface area contributed by atoms with Crippen LogP contribution in [0.3, 0.4) is 0 Å². The number of fused-ring (bicyclic) bond motifs is 1. The van der Waals surface area contributed by atoms with E-state index in [1.54, 1.807) is 0 Å². The van der Waals surface area contributed by atoms with Crippen LogP contribution in [-0.4, -0.2) is 45.5 Å². The lowest BCUT2D eigenvalue weighted by molar-refractivity contribution is -0.274. The average molecular weight is 454 g/mol. The second-order valence-corrected chi connectivity index (χ2v) is 6.86. The molecule has 3 rings (SSSR count). The lowest BCUT2D eigenvalue weighted by Crippen LogP contribution is -2.35. The molecule has 11 heteroatoms. The minimum atomic E-state index is -4.80. The van der Waals surface area contributed by atoms with Gasteiger partial charge in [0, 0.05) is 17.8 Å². The van der Waals surface area contributed by atoms with E-state index in [2.05, 4.69) is 4.74 Å². The van der Waals surface area contributed by atoms with Crippen LogP contribution in [0.25, 0.3) is 0 Å². The van der Waals surface area contributed by atoms with Gasteiger partial charge in [-0.2, -0.15) is 0 Å². The summed E-state index contributed by atoms with van der Waals surface area (Å²) < 4.78 is 57.5. The monoisotopic (exact) mass is 454 g/mol. The number of nitrogens with two attached hydrogens (primary N) is 1. The lowest BCUT2D eigenvalue weighted by atomic mass is 10.00. The minimum absolute atomic E-state index is 0.110. The highest BCUT2D eigenvalue weighted by Gasteiger charge is 2.32. The van der Waals surface area contributed by atoms with Crippen molar-refractivity contribution in [2.45, 2.75) is 19.2 Å². The zero-order chi connectivity index (χ0) is 23.5. The molecule has 0 atom stereocenters. The predicted molar refractivity (Wildman–Crippen MR) is 107 cm³/mol. The molecular formula is C21H21F3N2O6. The van der Waals surface area contributed by atoms with Crippen LogP contribution in [0.15, 0.2) is 30.3 Å². The van der Waals surface area contributed by atoms with Gasteiger partial charge in [-0.1, -0.05) is 0 Å². The molecular weight excluding hydrogens is 433 g/mol. The number of ether oxygens (including phenoxy) is 4. The molecule has 2 amide bonds. The van der Waals surface area contributed by atoms with E-state index in [9.17, 15) is 22.8 Å². The molecule has 0 spiro atoms. The summed E-state index contributed by atoms with van der Waals surface area (Å²) in [5, 5.41) is 0. The van der Waals surface area contributed by atoms with Crippen molar-refractivity contribution in [3.8, 4) is 23.0 Å². The Hall–Kier alpha value is -3.63. The van der Waals surface area contributed by atoms with E-state index >= 15 is 0 Å². The van der Waals surface area contributed by atoms with Gasteiger partial charge in [-0.05, 0) is 48.7 Å². The molecule has 1 heterocycles. The SMILES string of the molecule is COc1cc(C(=O)N2CCCc3cc(OC(F)(F)F)ccc32)cc(OC)c1OCC(N)=O. The Morgan fingerprint density at radius 2 is 1.75 bits per heavy atom. The number of hydrogen-bond donors (Lipinski definition) is 1. The summed E-state index contributed by atoms with van der Waals surface area (Å²) in [4.78, 5) is 25.8. The zero-order valence-corrected chi connectivity index (χ0v) is 17.3. The number of hydrogen-bond acceptors (Lipinski definition) is 6. The number of methoxy groups -OCH3 is 2. The number of anilines is 1. The molecule has 2 aromatic rings. The number of aryl methyl sites for hydroxylation is 1. The van der Waals surface area contributed by atoms with Gasteiger partial charge in [-0.25, -0.2) is 0 Å². The summed E-state index contributed by atoms with van der Waals surface area (Å²) in [5.74, 6) is -1.04. The van der Waals surface area contributed by atoms with E-state index in [-0.39, 0.29) is 28.6 Å². The number of primary amides is 1.